The second kappa shape index (κ2) is 8.70. The van der Waals surface area contributed by atoms with Crippen molar-refractivity contribution in [3.05, 3.63) is 12.2 Å². The van der Waals surface area contributed by atoms with Crippen molar-refractivity contribution in [1.29, 1.82) is 0 Å². The summed E-state index contributed by atoms with van der Waals surface area (Å²) in [4.78, 5) is 0. The summed E-state index contributed by atoms with van der Waals surface area (Å²) in [5.74, 6) is 0. The molecule has 0 aromatic heterocycles. The number of unbranched alkanes of at least 4 members (excludes halogenated alkanes) is 4. The SMILES string of the molecule is CCCCCCC=CC[NH]. The molecule has 0 aliphatic rings. The summed E-state index contributed by atoms with van der Waals surface area (Å²) in [7, 11) is 0. The number of rotatable bonds is 6. The van der Waals surface area contributed by atoms with Crippen molar-refractivity contribution in [1.82, 2.24) is 5.73 Å². The van der Waals surface area contributed by atoms with E-state index in [2.05, 4.69) is 13.0 Å². The minimum Gasteiger partial charge on any atom is -0.254 e. The summed E-state index contributed by atoms with van der Waals surface area (Å²) in [6.07, 6.45) is 10.5. The van der Waals surface area contributed by atoms with Gasteiger partial charge in [0.15, 0.2) is 0 Å². The molecule has 0 aromatic rings. The van der Waals surface area contributed by atoms with Crippen LogP contribution in [0.15, 0.2) is 12.2 Å². The van der Waals surface area contributed by atoms with Crippen molar-refractivity contribution < 1.29 is 0 Å². The molecule has 10 heavy (non-hydrogen) atoms. The zero-order valence-electron chi connectivity index (χ0n) is 6.90. The molecule has 0 aliphatic heterocycles. The Kier molecular flexibility index (Phi) is 8.44. The standard InChI is InChI=1S/C9H18N/c1-2-3-4-5-6-7-8-9-10/h7-8,10H,2-6,9H2,1H3. The summed E-state index contributed by atoms with van der Waals surface area (Å²) in [6, 6.07) is 0. The molecule has 1 heteroatoms. The molecule has 1 nitrogen and oxygen atoms in total. The fourth-order valence-corrected chi connectivity index (χ4v) is 0.890. The summed E-state index contributed by atoms with van der Waals surface area (Å²) >= 11 is 0. The van der Waals surface area contributed by atoms with Gasteiger partial charge in [0.1, 0.15) is 0 Å². The van der Waals surface area contributed by atoms with E-state index in [1.165, 1.54) is 32.1 Å². The van der Waals surface area contributed by atoms with E-state index in [0.29, 0.717) is 6.54 Å². The van der Waals surface area contributed by atoms with Crippen LogP contribution in [0.2, 0.25) is 0 Å². The van der Waals surface area contributed by atoms with E-state index < -0.39 is 0 Å². The van der Waals surface area contributed by atoms with Gasteiger partial charge in [0, 0.05) is 6.54 Å². The minimum absolute atomic E-state index is 0.438. The number of hydrogen-bond donors (Lipinski definition) is 0. The van der Waals surface area contributed by atoms with Gasteiger partial charge in [-0.15, -0.1) is 0 Å². The normalized spacial score (nSPS) is 11.0. The maximum absolute atomic E-state index is 6.83. The molecule has 0 atom stereocenters. The van der Waals surface area contributed by atoms with Crippen molar-refractivity contribution in [2.45, 2.75) is 39.0 Å². The van der Waals surface area contributed by atoms with Gasteiger partial charge in [0.2, 0.25) is 0 Å². The van der Waals surface area contributed by atoms with Crippen LogP contribution in [-0.4, -0.2) is 6.54 Å². The molecular weight excluding hydrogens is 122 g/mol. The highest BCUT2D eigenvalue weighted by atomic mass is 14.5. The van der Waals surface area contributed by atoms with Gasteiger partial charge >= 0.3 is 0 Å². The molecular formula is C9H18N. The Morgan fingerprint density at radius 3 is 2.50 bits per heavy atom. The lowest BCUT2D eigenvalue weighted by atomic mass is 10.1. The molecule has 0 unspecified atom stereocenters. The van der Waals surface area contributed by atoms with Crippen LogP contribution >= 0.6 is 0 Å². The highest BCUT2D eigenvalue weighted by Crippen LogP contribution is 2.02. The lowest BCUT2D eigenvalue weighted by molar-refractivity contribution is 0.674. The van der Waals surface area contributed by atoms with Gasteiger partial charge in [-0.25, -0.2) is 0 Å². The Balaban J connectivity index is 2.83. The first-order chi connectivity index (χ1) is 4.91. The molecule has 0 heterocycles. The van der Waals surface area contributed by atoms with Gasteiger partial charge in [-0.2, -0.15) is 0 Å². The second-order valence-electron chi connectivity index (χ2n) is 2.52. The van der Waals surface area contributed by atoms with Gasteiger partial charge in [0.05, 0.1) is 0 Å². The van der Waals surface area contributed by atoms with Crippen LogP contribution in [0.3, 0.4) is 0 Å². The molecule has 0 spiro atoms. The van der Waals surface area contributed by atoms with Crippen LogP contribution in [0, 0.1) is 0 Å². The van der Waals surface area contributed by atoms with Crippen molar-refractivity contribution in [3.8, 4) is 0 Å². The van der Waals surface area contributed by atoms with Crippen LogP contribution in [0.4, 0.5) is 0 Å². The lowest BCUT2D eigenvalue weighted by Crippen LogP contribution is -1.76. The molecule has 0 fully saturated rings. The van der Waals surface area contributed by atoms with E-state index >= 15 is 0 Å². The Hall–Kier alpha value is -0.300. The van der Waals surface area contributed by atoms with Crippen LogP contribution in [-0.2, 0) is 0 Å². The van der Waals surface area contributed by atoms with E-state index in [0.717, 1.165) is 0 Å². The number of hydrogen-bond acceptors (Lipinski definition) is 0. The molecule has 0 amide bonds. The summed E-state index contributed by atoms with van der Waals surface area (Å²) in [5, 5.41) is 0. The van der Waals surface area contributed by atoms with E-state index in [4.69, 9.17) is 5.73 Å². The molecule has 59 valence electrons. The minimum atomic E-state index is 0.438. The Morgan fingerprint density at radius 1 is 1.10 bits per heavy atom. The average Bonchev–Trinajstić information content (AvgIpc) is 1.97. The molecule has 0 aromatic carbocycles. The van der Waals surface area contributed by atoms with Gasteiger partial charge < -0.3 is 0 Å². The van der Waals surface area contributed by atoms with Gasteiger partial charge in [0.25, 0.3) is 0 Å². The first-order valence-corrected chi connectivity index (χ1v) is 4.21. The number of nitrogens with one attached hydrogen (secondary N) is 1. The smallest absolute Gasteiger partial charge is 0.0281 e. The average molecular weight is 140 g/mol. The zero-order chi connectivity index (χ0) is 7.66. The maximum atomic E-state index is 6.83. The fraction of sp³-hybridized carbons (Fsp3) is 0.778. The summed E-state index contributed by atoms with van der Waals surface area (Å²) < 4.78 is 0. The fourth-order valence-electron chi connectivity index (χ4n) is 0.890. The predicted octanol–water partition coefficient (Wildman–Crippen LogP) is 2.80. The third-order valence-corrected chi connectivity index (χ3v) is 1.51. The van der Waals surface area contributed by atoms with Crippen LogP contribution in [0.25, 0.3) is 0 Å². The maximum Gasteiger partial charge on any atom is 0.0281 e. The summed E-state index contributed by atoms with van der Waals surface area (Å²) in [6.45, 7) is 2.66. The van der Waals surface area contributed by atoms with Gasteiger partial charge in [-0.05, 0) is 12.8 Å². The van der Waals surface area contributed by atoms with Crippen molar-refractivity contribution >= 4 is 0 Å². The second-order valence-corrected chi connectivity index (χ2v) is 2.52. The van der Waals surface area contributed by atoms with Crippen molar-refractivity contribution in [3.63, 3.8) is 0 Å². The van der Waals surface area contributed by atoms with Crippen LogP contribution in [0.1, 0.15) is 39.0 Å². The van der Waals surface area contributed by atoms with Crippen LogP contribution in [0.5, 0.6) is 0 Å². The number of allylic oxidation sites excluding steroid dienone is 1. The highest BCUT2D eigenvalue weighted by Gasteiger charge is 1.82. The van der Waals surface area contributed by atoms with E-state index in [1.54, 1.807) is 0 Å². The van der Waals surface area contributed by atoms with Crippen molar-refractivity contribution in [2.24, 2.45) is 0 Å². The van der Waals surface area contributed by atoms with E-state index in [1.807, 2.05) is 6.08 Å². The monoisotopic (exact) mass is 140 g/mol. The third kappa shape index (κ3) is 7.70. The van der Waals surface area contributed by atoms with E-state index in [9.17, 15) is 0 Å². The topological polar surface area (TPSA) is 23.8 Å². The van der Waals surface area contributed by atoms with Crippen LogP contribution < -0.4 is 5.73 Å². The lowest BCUT2D eigenvalue weighted by Gasteiger charge is -1.92. The Morgan fingerprint density at radius 2 is 1.90 bits per heavy atom. The first-order valence-electron chi connectivity index (χ1n) is 4.21. The van der Waals surface area contributed by atoms with E-state index in [-0.39, 0.29) is 0 Å². The van der Waals surface area contributed by atoms with Crippen molar-refractivity contribution in [2.75, 3.05) is 6.54 Å². The molecule has 0 saturated carbocycles. The van der Waals surface area contributed by atoms with Gasteiger partial charge in [-0.3, -0.25) is 5.73 Å². The molecule has 0 aliphatic carbocycles. The Bertz CT molecular complexity index is 76.8. The Labute approximate surface area is 64.3 Å². The quantitative estimate of drug-likeness (QED) is 0.400. The molecule has 0 saturated heterocycles. The van der Waals surface area contributed by atoms with Gasteiger partial charge in [-0.1, -0.05) is 38.3 Å². The third-order valence-electron chi connectivity index (χ3n) is 1.51. The molecule has 1 radical (unpaired) electrons. The first kappa shape index (κ1) is 9.70. The highest BCUT2D eigenvalue weighted by molar-refractivity contribution is 4.81. The molecule has 0 rings (SSSR count). The predicted molar refractivity (Wildman–Crippen MR) is 45.9 cm³/mol. The molecule has 1 N–H and O–H groups in total. The summed E-state index contributed by atoms with van der Waals surface area (Å²) in [5.41, 5.74) is 6.83. The largest absolute Gasteiger partial charge is 0.254 e. The zero-order valence-corrected chi connectivity index (χ0v) is 6.90. The molecule has 0 bridgehead atoms.